The van der Waals surface area contributed by atoms with Crippen molar-refractivity contribution >= 4 is 11.8 Å². The number of rotatable bonds is 7. The second-order valence-electron chi connectivity index (χ2n) is 6.93. The summed E-state index contributed by atoms with van der Waals surface area (Å²) < 4.78 is 10.7. The van der Waals surface area contributed by atoms with E-state index in [0.29, 0.717) is 36.6 Å². The number of likely N-dealkylation sites (N-methyl/N-ethyl adjacent to an activating group) is 1. The summed E-state index contributed by atoms with van der Waals surface area (Å²) >= 11 is 0. The van der Waals surface area contributed by atoms with E-state index < -0.39 is 0 Å². The lowest BCUT2D eigenvalue weighted by Crippen LogP contribution is -3.14. The van der Waals surface area contributed by atoms with Crippen molar-refractivity contribution in [3.63, 3.8) is 0 Å². The van der Waals surface area contributed by atoms with Crippen LogP contribution in [0.3, 0.4) is 0 Å². The van der Waals surface area contributed by atoms with Crippen LogP contribution in [0, 0.1) is 6.92 Å². The summed E-state index contributed by atoms with van der Waals surface area (Å²) in [5.41, 5.74) is 0.522. The van der Waals surface area contributed by atoms with Crippen LogP contribution in [0.15, 0.2) is 39.6 Å². The lowest BCUT2D eigenvalue weighted by molar-refractivity contribution is -0.902. The third-order valence-electron chi connectivity index (χ3n) is 5.22. The summed E-state index contributed by atoms with van der Waals surface area (Å²) in [7, 11) is 0. The molecular weight excluding hydrogens is 346 g/mol. The minimum Gasteiger partial charge on any atom is -0.469 e. The number of furan rings is 2. The summed E-state index contributed by atoms with van der Waals surface area (Å²) in [4.78, 5) is 30.6. The normalized spacial score (nSPS) is 15.1. The Morgan fingerprint density at radius 1 is 1.19 bits per heavy atom. The number of nitrogens with one attached hydrogen (secondary N) is 1. The molecule has 1 saturated heterocycles. The average molecular weight is 374 g/mol. The lowest BCUT2D eigenvalue weighted by Gasteiger charge is -2.32. The van der Waals surface area contributed by atoms with E-state index in [1.54, 1.807) is 30.2 Å². The fourth-order valence-electron chi connectivity index (χ4n) is 3.43. The van der Waals surface area contributed by atoms with E-state index in [0.717, 1.165) is 32.7 Å². The highest BCUT2D eigenvalue weighted by Crippen LogP contribution is 2.15. The first-order valence-electron chi connectivity index (χ1n) is 9.55. The average Bonchev–Trinajstić information content (AvgIpc) is 3.36. The Bertz CT molecular complexity index is 745. The molecule has 1 N–H and O–H groups in total. The Morgan fingerprint density at radius 2 is 1.96 bits per heavy atom. The number of carbonyl (C=O) groups excluding carboxylic acids is 2. The third-order valence-corrected chi connectivity index (χ3v) is 5.22. The lowest BCUT2D eigenvalue weighted by atomic mass is 10.2. The zero-order chi connectivity index (χ0) is 19.2. The molecule has 2 aromatic rings. The van der Waals surface area contributed by atoms with Crippen molar-refractivity contribution in [3.05, 3.63) is 47.8 Å². The van der Waals surface area contributed by atoms with Crippen LogP contribution in [0.1, 0.15) is 35.2 Å². The van der Waals surface area contributed by atoms with E-state index in [-0.39, 0.29) is 11.8 Å². The Morgan fingerprint density at radius 3 is 2.56 bits per heavy atom. The van der Waals surface area contributed by atoms with Crippen molar-refractivity contribution in [2.75, 3.05) is 39.3 Å². The second kappa shape index (κ2) is 8.90. The summed E-state index contributed by atoms with van der Waals surface area (Å²) in [5.74, 6) is 1.23. The van der Waals surface area contributed by atoms with Crippen LogP contribution in [0.5, 0.6) is 0 Å². The van der Waals surface area contributed by atoms with Gasteiger partial charge in [0.2, 0.25) is 5.91 Å². The van der Waals surface area contributed by atoms with Crippen LogP contribution in [0.2, 0.25) is 0 Å². The molecule has 0 aromatic carbocycles. The van der Waals surface area contributed by atoms with E-state index in [4.69, 9.17) is 8.83 Å². The molecule has 2 amide bonds. The Hall–Kier alpha value is -2.54. The Kier molecular flexibility index (Phi) is 6.34. The molecule has 0 unspecified atom stereocenters. The van der Waals surface area contributed by atoms with Gasteiger partial charge in [-0.15, -0.1) is 0 Å². The SMILES string of the molecule is CC[NH+]1CCN(C(=O)CCN(Cc2ccco2)C(=O)c2ccoc2C)CC1. The maximum Gasteiger partial charge on any atom is 0.257 e. The summed E-state index contributed by atoms with van der Waals surface area (Å²) in [6.07, 6.45) is 3.40. The van der Waals surface area contributed by atoms with Crippen molar-refractivity contribution in [2.24, 2.45) is 0 Å². The maximum atomic E-state index is 12.9. The molecule has 3 rings (SSSR count). The largest absolute Gasteiger partial charge is 0.469 e. The molecule has 1 fully saturated rings. The predicted octanol–water partition coefficient (Wildman–Crippen LogP) is 0.961. The number of piperazine rings is 1. The summed E-state index contributed by atoms with van der Waals surface area (Å²) in [6.45, 7) is 9.27. The number of amides is 2. The van der Waals surface area contributed by atoms with Gasteiger partial charge in [-0.1, -0.05) is 0 Å². The van der Waals surface area contributed by atoms with Crippen molar-refractivity contribution in [1.29, 1.82) is 0 Å². The fraction of sp³-hybridized carbons (Fsp3) is 0.500. The molecule has 1 aliphatic heterocycles. The number of nitrogens with zero attached hydrogens (tertiary/aromatic N) is 2. The topological polar surface area (TPSA) is 71.3 Å². The number of aryl methyl sites for hydroxylation is 1. The highest BCUT2D eigenvalue weighted by molar-refractivity contribution is 5.95. The minimum absolute atomic E-state index is 0.103. The van der Waals surface area contributed by atoms with Gasteiger partial charge >= 0.3 is 0 Å². The standard InChI is InChI=1S/C20H27N3O4/c1-3-21-9-11-22(12-10-21)19(24)6-8-23(15-17-5-4-13-27-17)20(25)18-7-14-26-16(18)2/h4-5,7,13-14H,3,6,8-12,15H2,1-2H3/p+1. The Balaban J connectivity index is 1.62. The number of carbonyl (C=O) groups is 2. The fourth-order valence-corrected chi connectivity index (χ4v) is 3.43. The van der Waals surface area contributed by atoms with Gasteiger partial charge in [-0.25, -0.2) is 0 Å². The molecule has 0 bridgehead atoms. The molecule has 1 aliphatic rings. The van der Waals surface area contributed by atoms with Gasteiger partial charge in [0.25, 0.3) is 5.91 Å². The van der Waals surface area contributed by atoms with Crippen LogP contribution in [-0.2, 0) is 11.3 Å². The smallest absolute Gasteiger partial charge is 0.257 e. The van der Waals surface area contributed by atoms with Crippen molar-refractivity contribution in [1.82, 2.24) is 9.80 Å². The molecule has 7 heteroatoms. The van der Waals surface area contributed by atoms with E-state index >= 15 is 0 Å². The van der Waals surface area contributed by atoms with Crippen LogP contribution in [0.4, 0.5) is 0 Å². The van der Waals surface area contributed by atoms with Crippen LogP contribution >= 0.6 is 0 Å². The van der Waals surface area contributed by atoms with Gasteiger partial charge in [-0.3, -0.25) is 9.59 Å². The third kappa shape index (κ3) is 4.80. The van der Waals surface area contributed by atoms with Gasteiger partial charge in [-0.05, 0) is 32.0 Å². The molecule has 146 valence electrons. The monoisotopic (exact) mass is 374 g/mol. The molecule has 0 atom stereocenters. The summed E-state index contributed by atoms with van der Waals surface area (Å²) in [5, 5.41) is 0. The highest BCUT2D eigenvalue weighted by Gasteiger charge is 2.25. The molecular formula is C20H28N3O4+. The van der Waals surface area contributed by atoms with Crippen LogP contribution < -0.4 is 4.90 Å². The first kappa shape index (κ1) is 19.2. The van der Waals surface area contributed by atoms with E-state index in [1.807, 2.05) is 11.0 Å². The minimum atomic E-state index is -0.148. The van der Waals surface area contributed by atoms with Crippen molar-refractivity contribution < 1.29 is 23.3 Å². The van der Waals surface area contributed by atoms with Crippen LogP contribution in [0.25, 0.3) is 0 Å². The predicted molar refractivity (Wildman–Crippen MR) is 99.3 cm³/mol. The summed E-state index contributed by atoms with van der Waals surface area (Å²) in [6, 6.07) is 5.29. The first-order chi connectivity index (χ1) is 13.1. The highest BCUT2D eigenvalue weighted by atomic mass is 16.3. The second-order valence-corrected chi connectivity index (χ2v) is 6.93. The zero-order valence-electron chi connectivity index (χ0n) is 16.1. The number of hydrogen-bond donors (Lipinski definition) is 1. The van der Waals surface area contributed by atoms with E-state index in [1.165, 1.54) is 11.2 Å². The molecule has 0 spiro atoms. The molecule has 0 saturated carbocycles. The van der Waals surface area contributed by atoms with Gasteiger partial charge in [0.15, 0.2) is 0 Å². The molecule has 7 nitrogen and oxygen atoms in total. The first-order valence-corrected chi connectivity index (χ1v) is 9.55. The van der Waals surface area contributed by atoms with E-state index in [9.17, 15) is 9.59 Å². The van der Waals surface area contributed by atoms with Gasteiger partial charge < -0.3 is 23.5 Å². The van der Waals surface area contributed by atoms with Gasteiger partial charge in [0.05, 0.1) is 57.4 Å². The number of quaternary nitrogens is 1. The number of hydrogen-bond acceptors (Lipinski definition) is 4. The molecule has 0 radical (unpaired) electrons. The molecule has 27 heavy (non-hydrogen) atoms. The van der Waals surface area contributed by atoms with Gasteiger partial charge in [-0.2, -0.15) is 0 Å². The quantitative estimate of drug-likeness (QED) is 0.784. The van der Waals surface area contributed by atoms with Crippen molar-refractivity contribution in [2.45, 2.75) is 26.8 Å². The van der Waals surface area contributed by atoms with Crippen LogP contribution in [-0.4, -0.2) is 60.9 Å². The van der Waals surface area contributed by atoms with Gasteiger partial charge in [0.1, 0.15) is 11.5 Å². The van der Waals surface area contributed by atoms with Gasteiger partial charge in [0, 0.05) is 13.0 Å². The zero-order valence-corrected chi connectivity index (χ0v) is 16.1. The maximum absolute atomic E-state index is 12.9. The molecule has 2 aromatic heterocycles. The molecule has 3 heterocycles. The molecule has 0 aliphatic carbocycles. The van der Waals surface area contributed by atoms with Crippen molar-refractivity contribution in [3.8, 4) is 0 Å². The van der Waals surface area contributed by atoms with E-state index in [2.05, 4.69) is 6.92 Å². The Labute approximate surface area is 159 Å².